The SMILES string of the molecule is C=CCO[C@@]12Oc3ccc(OCCN4CC4)cc3[C@H]3[C@H](CCCCO)[C@@H](CCCCO)C=C(C(=NOCc4ccccc4)C[C@@H]1N(Cc1ccc4c(c1)OCO4)C(=O)OCCCl)[C@H]32. The van der Waals surface area contributed by atoms with Gasteiger partial charge < -0.3 is 43.5 Å². The minimum absolute atomic E-state index is 0.00369. The highest BCUT2D eigenvalue weighted by atomic mass is 35.5. The summed E-state index contributed by atoms with van der Waals surface area (Å²) < 4.78 is 38.2. The lowest BCUT2D eigenvalue weighted by Crippen LogP contribution is -2.70. The summed E-state index contributed by atoms with van der Waals surface area (Å²) in [5.41, 5.74) is 4.37. The minimum Gasteiger partial charge on any atom is -0.492 e. The number of rotatable bonds is 23. The molecule has 0 spiro atoms. The fourth-order valence-electron chi connectivity index (χ4n) is 9.83. The molecule has 3 aromatic carbocycles. The third-order valence-electron chi connectivity index (χ3n) is 12.8. The number of hydrogen-bond acceptors (Lipinski definition) is 12. The number of amides is 1. The summed E-state index contributed by atoms with van der Waals surface area (Å²) in [4.78, 5) is 24.9. The van der Waals surface area contributed by atoms with E-state index in [0.29, 0.717) is 42.4 Å². The van der Waals surface area contributed by atoms with E-state index in [9.17, 15) is 15.0 Å². The van der Waals surface area contributed by atoms with Crippen molar-refractivity contribution in [2.45, 2.75) is 75.8 Å². The van der Waals surface area contributed by atoms with Crippen LogP contribution < -0.4 is 18.9 Å². The lowest BCUT2D eigenvalue weighted by molar-refractivity contribution is -0.256. The van der Waals surface area contributed by atoms with Crippen molar-refractivity contribution in [3.05, 3.63) is 108 Å². The molecule has 63 heavy (non-hydrogen) atoms. The summed E-state index contributed by atoms with van der Waals surface area (Å²) in [6, 6.07) is 20.8. The molecule has 13 nitrogen and oxygen atoms in total. The van der Waals surface area contributed by atoms with Crippen LogP contribution in [0, 0.1) is 17.8 Å². The van der Waals surface area contributed by atoms with Gasteiger partial charge in [0.05, 0.1) is 24.1 Å². The third-order valence-corrected chi connectivity index (χ3v) is 13.0. The van der Waals surface area contributed by atoms with Crippen molar-refractivity contribution in [2.24, 2.45) is 22.9 Å². The highest BCUT2D eigenvalue weighted by Gasteiger charge is 2.65. The molecule has 5 aliphatic rings. The smallest absolute Gasteiger partial charge is 0.410 e. The first kappa shape index (κ1) is 44.8. The van der Waals surface area contributed by atoms with Crippen molar-refractivity contribution in [3.63, 3.8) is 0 Å². The molecule has 0 radical (unpaired) electrons. The van der Waals surface area contributed by atoms with Gasteiger partial charge in [0.1, 0.15) is 37.4 Å². The van der Waals surface area contributed by atoms with E-state index < -0.39 is 23.8 Å². The molecule has 3 heterocycles. The molecule has 2 N–H and O–H groups in total. The van der Waals surface area contributed by atoms with Crippen molar-refractivity contribution in [1.29, 1.82) is 0 Å². The number of alkyl halides is 1. The van der Waals surface area contributed by atoms with Crippen LogP contribution in [0.15, 0.2) is 96.2 Å². The normalized spacial score (nSPS) is 24.7. The predicted molar refractivity (Wildman–Crippen MR) is 238 cm³/mol. The minimum atomic E-state index is -1.47. The van der Waals surface area contributed by atoms with Crippen LogP contribution >= 0.6 is 11.6 Å². The summed E-state index contributed by atoms with van der Waals surface area (Å²) in [6.07, 6.45) is 8.27. The number of oxime groups is 1. The number of hydrogen-bond donors (Lipinski definition) is 2. The molecule has 8 rings (SSSR count). The molecule has 338 valence electrons. The van der Waals surface area contributed by atoms with Crippen LogP contribution in [-0.2, 0) is 27.5 Å². The summed E-state index contributed by atoms with van der Waals surface area (Å²) in [5, 5.41) is 24.9. The number of ether oxygens (including phenoxy) is 6. The number of carbonyl (C=O) groups is 1. The lowest BCUT2D eigenvalue weighted by Gasteiger charge is -2.59. The fourth-order valence-corrected chi connectivity index (χ4v) is 9.91. The predicted octanol–water partition coefficient (Wildman–Crippen LogP) is 7.82. The van der Waals surface area contributed by atoms with Crippen molar-refractivity contribution in [2.75, 3.05) is 65.3 Å². The molecule has 0 unspecified atom stereocenters. The highest BCUT2D eigenvalue weighted by molar-refractivity contribution is 6.18. The van der Waals surface area contributed by atoms with E-state index in [4.69, 9.17) is 50.0 Å². The molecule has 3 aliphatic heterocycles. The number of unbranched alkanes of at least 4 members (excludes halogenated alkanes) is 2. The van der Waals surface area contributed by atoms with Crippen LogP contribution in [0.1, 0.15) is 67.6 Å². The molecule has 2 aliphatic carbocycles. The molecule has 14 heteroatoms. The van der Waals surface area contributed by atoms with Crippen LogP contribution in [-0.4, -0.2) is 109 Å². The molecule has 1 amide bonds. The summed E-state index contributed by atoms with van der Waals surface area (Å²) in [6.45, 7) is 8.44. The van der Waals surface area contributed by atoms with Crippen LogP contribution in [0.2, 0.25) is 0 Å². The van der Waals surface area contributed by atoms with E-state index in [0.717, 1.165) is 73.3 Å². The summed E-state index contributed by atoms with van der Waals surface area (Å²) in [5.74, 6) is 0.687. The Morgan fingerprint density at radius 3 is 2.52 bits per heavy atom. The fraction of sp³-hybridized carbons (Fsp3) is 0.510. The Hall–Kier alpha value is -4.79. The number of aliphatic hydroxyl groups excluding tert-OH is 2. The van der Waals surface area contributed by atoms with E-state index in [1.165, 1.54) is 0 Å². The van der Waals surface area contributed by atoms with Gasteiger partial charge in [0.15, 0.2) is 11.5 Å². The Kier molecular flexibility index (Phi) is 15.1. The van der Waals surface area contributed by atoms with Crippen molar-refractivity contribution in [1.82, 2.24) is 9.80 Å². The summed E-state index contributed by atoms with van der Waals surface area (Å²) >= 11 is 6.14. The van der Waals surface area contributed by atoms with Gasteiger partial charge in [-0.05, 0) is 84.6 Å². The number of benzene rings is 3. The lowest BCUT2D eigenvalue weighted by atomic mass is 9.55. The number of nitrogens with zero attached hydrogens (tertiary/aromatic N) is 3. The van der Waals surface area contributed by atoms with Gasteiger partial charge in [-0.2, -0.15) is 0 Å². The zero-order valence-corrected chi connectivity index (χ0v) is 36.7. The second-order valence-electron chi connectivity index (χ2n) is 16.8. The average molecular weight is 886 g/mol. The first-order chi connectivity index (χ1) is 31.0. The van der Waals surface area contributed by atoms with E-state index in [1.807, 2.05) is 60.7 Å². The van der Waals surface area contributed by atoms with Crippen molar-refractivity contribution in [3.8, 4) is 23.0 Å². The largest absolute Gasteiger partial charge is 0.492 e. The van der Waals surface area contributed by atoms with Gasteiger partial charge in [0, 0.05) is 57.3 Å². The van der Waals surface area contributed by atoms with Gasteiger partial charge in [0.25, 0.3) is 0 Å². The molecule has 1 saturated heterocycles. The molecular formula is C49H60ClN3O10. The topological polar surface area (TPSA) is 141 Å². The average Bonchev–Trinajstić information content (AvgIpc) is 4.01. The molecule has 3 aromatic rings. The van der Waals surface area contributed by atoms with E-state index in [1.54, 1.807) is 11.0 Å². The Labute approximate surface area is 375 Å². The van der Waals surface area contributed by atoms with Crippen molar-refractivity contribution >= 4 is 23.4 Å². The molecule has 2 fully saturated rings. The first-order valence-electron chi connectivity index (χ1n) is 22.4. The van der Waals surface area contributed by atoms with Gasteiger partial charge >= 0.3 is 6.09 Å². The van der Waals surface area contributed by atoms with Crippen LogP contribution in [0.25, 0.3) is 0 Å². The number of aliphatic hydroxyl groups is 2. The molecule has 0 bridgehead atoms. The van der Waals surface area contributed by atoms with Crippen molar-refractivity contribution < 1.29 is 48.3 Å². The second kappa shape index (κ2) is 21.3. The quantitative estimate of drug-likeness (QED) is 0.0317. The molecule has 0 aromatic heterocycles. The Morgan fingerprint density at radius 1 is 0.952 bits per heavy atom. The maximum absolute atomic E-state index is 14.7. The molecular weight excluding hydrogens is 826 g/mol. The van der Waals surface area contributed by atoms with Crippen LogP contribution in [0.4, 0.5) is 4.79 Å². The third kappa shape index (κ3) is 10.3. The number of fused-ring (bicyclic) bond motifs is 3. The van der Waals surface area contributed by atoms with Gasteiger partial charge in [-0.25, -0.2) is 4.79 Å². The summed E-state index contributed by atoms with van der Waals surface area (Å²) in [7, 11) is 0. The Balaban J connectivity index is 1.30. The zero-order valence-electron chi connectivity index (χ0n) is 35.9. The highest BCUT2D eigenvalue weighted by Crippen LogP contribution is 2.62. The number of allylic oxidation sites excluding steroid dienone is 1. The van der Waals surface area contributed by atoms with E-state index in [2.05, 4.69) is 23.6 Å². The van der Waals surface area contributed by atoms with Gasteiger partial charge in [-0.3, -0.25) is 9.80 Å². The Morgan fingerprint density at radius 2 is 1.75 bits per heavy atom. The monoisotopic (exact) mass is 885 g/mol. The van der Waals surface area contributed by atoms with Crippen LogP contribution in [0.3, 0.4) is 0 Å². The zero-order chi connectivity index (χ0) is 43.6. The number of carbonyl (C=O) groups excluding carboxylic acids is 1. The number of halogens is 1. The molecule has 1 saturated carbocycles. The second-order valence-corrected chi connectivity index (χ2v) is 17.2. The maximum Gasteiger partial charge on any atom is 0.410 e. The van der Waals surface area contributed by atoms with E-state index >= 15 is 0 Å². The maximum atomic E-state index is 14.7. The molecule has 6 atom stereocenters. The van der Waals surface area contributed by atoms with Gasteiger partial charge in [-0.1, -0.05) is 66.5 Å². The van der Waals surface area contributed by atoms with Gasteiger partial charge in [0.2, 0.25) is 12.6 Å². The van der Waals surface area contributed by atoms with E-state index in [-0.39, 0.29) is 76.4 Å². The Bertz CT molecular complexity index is 2080. The van der Waals surface area contributed by atoms with Crippen LogP contribution in [0.5, 0.6) is 23.0 Å². The van der Waals surface area contributed by atoms with Gasteiger partial charge in [-0.15, -0.1) is 18.2 Å². The standard InChI is InChI=1S/C49H60ClN3O10/c1-2-24-61-49-45(53(48(56)58-25-18-50)31-35-14-16-43-44(27-35)60-33-59-43)30-41(51-62-32-34-10-4-3-5-11-34)39-28-36(12-6-8-22-54)38(13-7-9-23-55)46(47(39)49)40-29-37(15-17-42(40)63-49)57-26-21-52-19-20-52/h2-5,10-11,14-17,27-29,36,38,45-47,54-55H,1,6-9,12-13,18-26,30-33H2/t36-,38+,45-,46+,47+,49+/m0/s1. The first-order valence-corrected chi connectivity index (χ1v) is 23.0.